The minimum absolute atomic E-state index is 0.0171. The Labute approximate surface area is 166 Å². The van der Waals surface area contributed by atoms with Gasteiger partial charge in [-0.2, -0.15) is 0 Å². The Morgan fingerprint density at radius 2 is 1.90 bits per heavy atom. The van der Waals surface area contributed by atoms with Gasteiger partial charge in [0.15, 0.2) is 11.6 Å². The molecule has 0 aliphatic carbocycles. The third-order valence-electron chi connectivity index (χ3n) is 4.97. The van der Waals surface area contributed by atoms with Crippen molar-refractivity contribution in [3.05, 3.63) is 65.5 Å². The van der Waals surface area contributed by atoms with Gasteiger partial charge in [0.2, 0.25) is 11.8 Å². The Morgan fingerprint density at radius 1 is 1.10 bits per heavy atom. The van der Waals surface area contributed by atoms with Crippen molar-refractivity contribution in [2.75, 3.05) is 23.7 Å². The standard InChI is InChI=1S/C20H21F2N5O2/c21-15-9-14(17(23)10-16(15)22)11-28-12-19-25-26-20(29-19)13-4-7-27(8-5-13)18-3-1-2-6-24-18/h1-3,6,9-10,13H,4-5,7-8,11-12,23H2. The summed E-state index contributed by atoms with van der Waals surface area (Å²) in [7, 11) is 0. The molecule has 1 aliphatic rings. The fourth-order valence-electron chi connectivity index (χ4n) is 3.36. The van der Waals surface area contributed by atoms with E-state index in [1.807, 2.05) is 18.2 Å². The summed E-state index contributed by atoms with van der Waals surface area (Å²) in [5, 5.41) is 8.16. The first kappa shape index (κ1) is 19.3. The predicted molar refractivity (Wildman–Crippen MR) is 102 cm³/mol. The molecule has 0 amide bonds. The van der Waals surface area contributed by atoms with E-state index in [4.69, 9.17) is 14.9 Å². The van der Waals surface area contributed by atoms with E-state index in [1.54, 1.807) is 6.20 Å². The zero-order chi connectivity index (χ0) is 20.2. The summed E-state index contributed by atoms with van der Waals surface area (Å²) in [6, 6.07) is 7.85. The first-order valence-electron chi connectivity index (χ1n) is 9.39. The van der Waals surface area contributed by atoms with Gasteiger partial charge in [0, 0.05) is 42.5 Å². The maximum absolute atomic E-state index is 13.3. The molecule has 1 fully saturated rings. The molecule has 1 aromatic carbocycles. The number of hydrogen-bond acceptors (Lipinski definition) is 7. The highest BCUT2D eigenvalue weighted by atomic mass is 19.2. The van der Waals surface area contributed by atoms with E-state index in [2.05, 4.69) is 20.1 Å². The second-order valence-corrected chi connectivity index (χ2v) is 6.94. The van der Waals surface area contributed by atoms with Crippen LogP contribution in [-0.4, -0.2) is 28.3 Å². The van der Waals surface area contributed by atoms with Crippen LogP contribution < -0.4 is 10.6 Å². The minimum atomic E-state index is -0.984. The fourth-order valence-corrected chi connectivity index (χ4v) is 3.36. The Morgan fingerprint density at radius 3 is 2.66 bits per heavy atom. The van der Waals surface area contributed by atoms with Gasteiger partial charge in [0.05, 0.1) is 6.61 Å². The highest BCUT2D eigenvalue weighted by Crippen LogP contribution is 2.29. The van der Waals surface area contributed by atoms with Crippen molar-refractivity contribution in [3.8, 4) is 0 Å². The lowest BCUT2D eigenvalue weighted by Gasteiger charge is -2.31. The van der Waals surface area contributed by atoms with Crippen molar-refractivity contribution >= 4 is 11.5 Å². The molecule has 7 nitrogen and oxygen atoms in total. The number of anilines is 2. The van der Waals surface area contributed by atoms with Gasteiger partial charge in [-0.25, -0.2) is 13.8 Å². The van der Waals surface area contributed by atoms with Crippen LogP contribution in [0.15, 0.2) is 40.9 Å². The van der Waals surface area contributed by atoms with Gasteiger partial charge in [0.25, 0.3) is 0 Å². The minimum Gasteiger partial charge on any atom is -0.422 e. The lowest BCUT2D eigenvalue weighted by atomic mass is 9.97. The summed E-state index contributed by atoms with van der Waals surface area (Å²) in [5.41, 5.74) is 6.18. The molecule has 152 valence electrons. The summed E-state index contributed by atoms with van der Waals surface area (Å²) < 4.78 is 37.6. The van der Waals surface area contributed by atoms with E-state index in [0.29, 0.717) is 17.3 Å². The largest absolute Gasteiger partial charge is 0.422 e. The number of nitrogens with two attached hydrogens (primary N) is 1. The summed E-state index contributed by atoms with van der Waals surface area (Å²) in [4.78, 5) is 6.62. The quantitative estimate of drug-likeness (QED) is 0.633. The first-order chi connectivity index (χ1) is 14.1. The van der Waals surface area contributed by atoms with E-state index in [-0.39, 0.29) is 24.8 Å². The Kier molecular flexibility index (Phi) is 5.66. The average molecular weight is 401 g/mol. The summed E-state index contributed by atoms with van der Waals surface area (Å²) >= 11 is 0. The second kappa shape index (κ2) is 8.52. The van der Waals surface area contributed by atoms with Crippen LogP contribution in [-0.2, 0) is 18.0 Å². The molecule has 1 aliphatic heterocycles. The van der Waals surface area contributed by atoms with Crippen LogP contribution in [0.5, 0.6) is 0 Å². The smallest absolute Gasteiger partial charge is 0.242 e. The Balaban J connectivity index is 1.29. The van der Waals surface area contributed by atoms with Crippen molar-refractivity contribution in [2.45, 2.75) is 32.0 Å². The summed E-state index contributed by atoms with van der Waals surface area (Å²) in [5.74, 6) is 0.154. The lowest BCUT2D eigenvalue weighted by molar-refractivity contribution is 0.0883. The molecule has 1 saturated heterocycles. The monoisotopic (exact) mass is 401 g/mol. The van der Waals surface area contributed by atoms with Crippen molar-refractivity contribution in [2.24, 2.45) is 0 Å². The molecule has 2 N–H and O–H groups in total. The summed E-state index contributed by atoms with van der Waals surface area (Å²) in [6.45, 7) is 1.82. The van der Waals surface area contributed by atoms with Crippen LogP contribution in [0.4, 0.5) is 20.3 Å². The lowest BCUT2D eigenvalue weighted by Crippen LogP contribution is -2.33. The number of nitrogens with zero attached hydrogens (tertiary/aromatic N) is 4. The number of nitrogen functional groups attached to an aromatic ring is 1. The fraction of sp³-hybridized carbons (Fsp3) is 0.350. The molecule has 0 bridgehead atoms. The number of pyridine rings is 1. The van der Waals surface area contributed by atoms with Crippen LogP contribution >= 0.6 is 0 Å². The van der Waals surface area contributed by atoms with Crippen molar-refractivity contribution < 1.29 is 17.9 Å². The van der Waals surface area contributed by atoms with Crippen molar-refractivity contribution in [3.63, 3.8) is 0 Å². The van der Waals surface area contributed by atoms with E-state index < -0.39 is 11.6 Å². The van der Waals surface area contributed by atoms with E-state index >= 15 is 0 Å². The third-order valence-corrected chi connectivity index (χ3v) is 4.97. The Hall–Kier alpha value is -3.07. The van der Waals surface area contributed by atoms with E-state index in [1.165, 1.54) is 0 Å². The van der Waals surface area contributed by atoms with Gasteiger partial charge < -0.3 is 19.8 Å². The van der Waals surface area contributed by atoms with Gasteiger partial charge in [-0.3, -0.25) is 0 Å². The van der Waals surface area contributed by atoms with Crippen LogP contribution in [0.2, 0.25) is 0 Å². The molecule has 3 aromatic rings. The molecule has 2 aromatic heterocycles. The highest BCUT2D eigenvalue weighted by Gasteiger charge is 2.25. The third kappa shape index (κ3) is 4.51. The normalized spacial score (nSPS) is 15.0. The number of ether oxygens (including phenoxy) is 1. The van der Waals surface area contributed by atoms with Gasteiger partial charge in [-0.15, -0.1) is 10.2 Å². The number of hydrogen-bond donors (Lipinski definition) is 1. The van der Waals surface area contributed by atoms with Gasteiger partial charge >= 0.3 is 0 Å². The molecular weight excluding hydrogens is 380 g/mol. The SMILES string of the molecule is Nc1cc(F)c(F)cc1COCc1nnc(C2CCN(c3ccccn3)CC2)o1. The van der Waals surface area contributed by atoms with Gasteiger partial charge in [-0.1, -0.05) is 6.07 Å². The van der Waals surface area contributed by atoms with Gasteiger partial charge in [0.1, 0.15) is 12.4 Å². The topological polar surface area (TPSA) is 90.3 Å². The van der Waals surface area contributed by atoms with Crippen LogP contribution in [0.3, 0.4) is 0 Å². The van der Waals surface area contributed by atoms with Crippen LogP contribution in [0, 0.1) is 11.6 Å². The van der Waals surface area contributed by atoms with Gasteiger partial charge in [-0.05, 0) is 31.0 Å². The summed E-state index contributed by atoms with van der Waals surface area (Å²) in [6.07, 6.45) is 3.58. The van der Waals surface area contributed by atoms with Crippen molar-refractivity contribution in [1.82, 2.24) is 15.2 Å². The molecule has 0 unspecified atom stereocenters. The molecule has 0 saturated carbocycles. The molecule has 0 spiro atoms. The van der Waals surface area contributed by atoms with Crippen LogP contribution in [0.25, 0.3) is 0 Å². The molecule has 29 heavy (non-hydrogen) atoms. The highest BCUT2D eigenvalue weighted by molar-refractivity contribution is 5.46. The second-order valence-electron chi connectivity index (χ2n) is 6.94. The molecule has 0 atom stereocenters. The maximum Gasteiger partial charge on any atom is 0.242 e. The molecule has 3 heterocycles. The number of aromatic nitrogens is 3. The zero-order valence-corrected chi connectivity index (χ0v) is 15.7. The van der Waals surface area contributed by atoms with E-state index in [0.717, 1.165) is 43.9 Å². The molecule has 4 rings (SSSR count). The average Bonchev–Trinajstić information content (AvgIpc) is 3.21. The number of halogens is 2. The molecule has 0 radical (unpaired) electrons. The molecule has 9 heteroatoms. The number of rotatable bonds is 6. The number of piperidine rings is 1. The van der Waals surface area contributed by atoms with Crippen LogP contribution in [0.1, 0.15) is 36.1 Å². The molecular formula is C20H21F2N5O2. The maximum atomic E-state index is 13.3. The van der Waals surface area contributed by atoms with E-state index in [9.17, 15) is 8.78 Å². The predicted octanol–water partition coefficient (Wildman–Crippen LogP) is 3.43. The zero-order valence-electron chi connectivity index (χ0n) is 15.7. The Bertz CT molecular complexity index is 959. The van der Waals surface area contributed by atoms with Crippen molar-refractivity contribution in [1.29, 1.82) is 0 Å². The first-order valence-corrected chi connectivity index (χ1v) is 9.39. The number of benzene rings is 1.